The topological polar surface area (TPSA) is 98.0 Å². The average Bonchev–Trinajstić information content (AvgIpc) is 2.26. The van der Waals surface area contributed by atoms with Gasteiger partial charge in [-0.25, -0.2) is 0 Å². The molecule has 1 aromatic rings. The molecule has 5 nitrogen and oxygen atoms in total. The van der Waals surface area contributed by atoms with Gasteiger partial charge in [-0.2, -0.15) is 0 Å². The van der Waals surface area contributed by atoms with Gasteiger partial charge in [0.15, 0.2) is 17.3 Å². The van der Waals surface area contributed by atoms with Gasteiger partial charge in [0.2, 0.25) is 5.75 Å². The molecular formula is C12H16O5. The van der Waals surface area contributed by atoms with Crippen molar-refractivity contribution in [3.63, 3.8) is 0 Å². The largest absolute Gasteiger partial charge is 0.507 e. The van der Waals surface area contributed by atoms with Crippen molar-refractivity contribution in [3.8, 4) is 23.0 Å². The van der Waals surface area contributed by atoms with Gasteiger partial charge in [-0.3, -0.25) is 4.79 Å². The van der Waals surface area contributed by atoms with Gasteiger partial charge in [0.05, 0.1) is 0 Å². The third-order valence-corrected chi connectivity index (χ3v) is 2.52. The minimum Gasteiger partial charge on any atom is -0.507 e. The number of benzene rings is 1. The molecule has 4 N–H and O–H groups in total. The Balaban J connectivity index is 2.97. The van der Waals surface area contributed by atoms with Crippen molar-refractivity contribution in [1.82, 2.24) is 0 Å². The van der Waals surface area contributed by atoms with E-state index in [9.17, 15) is 20.1 Å². The summed E-state index contributed by atoms with van der Waals surface area (Å²) in [5.74, 6) is -3.21. The second-order valence-corrected chi connectivity index (χ2v) is 3.87. The SMILES string of the molecule is CCCCCC(=O)c1c(O)cc(O)c(O)c1O. The summed E-state index contributed by atoms with van der Waals surface area (Å²) >= 11 is 0. The maximum Gasteiger partial charge on any atom is 0.201 e. The number of unbranched alkanes of at least 4 members (excludes halogenated alkanes) is 2. The van der Waals surface area contributed by atoms with Crippen LogP contribution in [0, 0.1) is 0 Å². The molecule has 0 aliphatic carbocycles. The fourth-order valence-electron chi connectivity index (χ4n) is 1.57. The molecule has 0 aliphatic rings. The van der Waals surface area contributed by atoms with E-state index < -0.39 is 28.8 Å². The van der Waals surface area contributed by atoms with Gasteiger partial charge in [0, 0.05) is 12.5 Å². The van der Waals surface area contributed by atoms with E-state index in [1.807, 2.05) is 6.92 Å². The van der Waals surface area contributed by atoms with Crippen LogP contribution < -0.4 is 0 Å². The number of hydrogen-bond acceptors (Lipinski definition) is 5. The lowest BCUT2D eigenvalue weighted by molar-refractivity contribution is 0.0973. The number of aromatic hydroxyl groups is 4. The third-order valence-electron chi connectivity index (χ3n) is 2.52. The monoisotopic (exact) mass is 240 g/mol. The van der Waals surface area contributed by atoms with Crippen LogP contribution in [0.3, 0.4) is 0 Å². The molecule has 0 atom stereocenters. The van der Waals surface area contributed by atoms with Crippen LogP contribution in [0.5, 0.6) is 23.0 Å². The second kappa shape index (κ2) is 5.43. The molecule has 1 rings (SSSR count). The number of ketones is 1. The lowest BCUT2D eigenvalue weighted by Gasteiger charge is -2.09. The van der Waals surface area contributed by atoms with Gasteiger partial charge >= 0.3 is 0 Å². The van der Waals surface area contributed by atoms with E-state index >= 15 is 0 Å². The molecule has 0 unspecified atom stereocenters. The Bertz CT molecular complexity index is 425. The van der Waals surface area contributed by atoms with Crippen molar-refractivity contribution in [2.24, 2.45) is 0 Å². The summed E-state index contributed by atoms with van der Waals surface area (Å²) in [6.45, 7) is 1.99. The molecule has 0 fully saturated rings. The Labute approximate surface area is 99.0 Å². The summed E-state index contributed by atoms with van der Waals surface area (Å²) in [6.07, 6.45) is 2.65. The minimum absolute atomic E-state index is 0.180. The Morgan fingerprint density at radius 2 is 1.71 bits per heavy atom. The first-order chi connectivity index (χ1) is 7.99. The normalized spacial score (nSPS) is 10.4. The zero-order chi connectivity index (χ0) is 13.0. The highest BCUT2D eigenvalue weighted by atomic mass is 16.3. The van der Waals surface area contributed by atoms with Crippen molar-refractivity contribution in [1.29, 1.82) is 0 Å². The molecule has 17 heavy (non-hydrogen) atoms. The lowest BCUT2D eigenvalue weighted by Crippen LogP contribution is -2.00. The molecule has 94 valence electrons. The molecule has 0 saturated heterocycles. The highest BCUT2D eigenvalue weighted by molar-refractivity contribution is 6.02. The van der Waals surface area contributed by atoms with Gasteiger partial charge in [0.25, 0.3) is 0 Å². The van der Waals surface area contributed by atoms with E-state index in [0.29, 0.717) is 6.42 Å². The molecule has 0 amide bonds. The number of phenolic OH excluding ortho intramolecular Hbond substituents is 4. The quantitative estimate of drug-likeness (QED) is 0.274. The molecule has 0 saturated carbocycles. The first kappa shape index (κ1) is 13.2. The summed E-state index contributed by atoms with van der Waals surface area (Å²) < 4.78 is 0. The van der Waals surface area contributed by atoms with Crippen molar-refractivity contribution >= 4 is 5.78 Å². The number of phenols is 4. The summed E-state index contributed by atoms with van der Waals surface area (Å²) in [5, 5.41) is 37.4. The zero-order valence-corrected chi connectivity index (χ0v) is 9.60. The van der Waals surface area contributed by atoms with Crippen molar-refractivity contribution in [3.05, 3.63) is 11.6 Å². The smallest absolute Gasteiger partial charge is 0.201 e. The van der Waals surface area contributed by atoms with Crippen LogP contribution >= 0.6 is 0 Å². The maximum absolute atomic E-state index is 11.7. The molecule has 0 aromatic heterocycles. The predicted molar refractivity (Wildman–Crippen MR) is 61.6 cm³/mol. The van der Waals surface area contributed by atoms with Gasteiger partial charge < -0.3 is 20.4 Å². The Morgan fingerprint density at radius 3 is 2.29 bits per heavy atom. The Kier molecular flexibility index (Phi) is 4.20. The predicted octanol–water partition coefficient (Wildman–Crippen LogP) is 2.27. The average molecular weight is 240 g/mol. The molecule has 5 heteroatoms. The number of carbonyl (C=O) groups is 1. The Hall–Kier alpha value is -1.91. The maximum atomic E-state index is 11.7. The van der Waals surface area contributed by atoms with Crippen molar-refractivity contribution in [2.75, 3.05) is 0 Å². The fourth-order valence-corrected chi connectivity index (χ4v) is 1.57. The fraction of sp³-hybridized carbons (Fsp3) is 0.417. The number of carbonyl (C=O) groups excluding carboxylic acids is 1. The van der Waals surface area contributed by atoms with Crippen LogP contribution in [-0.4, -0.2) is 26.2 Å². The second-order valence-electron chi connectivity index (χ2n) is 3.87. The van der Waals surface area contributed by atoms with Crippen LogP contribution in [0.2, 0.25) is 0 Å². The highest BCUT2D eigenvalue weighted by Gasteiger charge is 2.21. The van der Waals surface area contributed by atoms with E-state index in [2.05, 4.69) is 0 Å². The van der Waals surface area contributed by atoms with Crippen molar-refractivity contribution < 1.29 is 25.2 Å². The molecule has 0 heterocycles. The van der Waals surface area contributed by atoms with E-state index in [1.165, 1.54) is 0 Å². The van der Waals surface area contributed by atoms with Crippen LogP contribution in [0.25, 0.3) is 0 Å². The summed E-state index contributed by atoms with van der Waals surface area (Å²) in [7, 11) is 0. The first-order valence-electron chi connectivity index (χ1n) is 5.49. The molecule has 0 aliphatic heterocycles. The zero-order valence-electron chi connectivity index (χ0n) is 9.60. The van der Waals surface area contributed by atoms with E-state index in [1.54, 1.807) is 0 Å². The molecule has 1 aromatic carbocycles. The number of Topliss-reactive ketones (excluding diaryl/α,β-unsaturated/α-hetero) is 1. The molecular weight excluding hydrogens is 224 g/mol. The first-order valence-corrected chi connectivity index (χ1v) is 5.49. The van der Waals surface area contributed by atoms with Gasteiger partial charge in [0.1, 0.15) is 11.3 Å². The summed E-state index contributed by atoms with van der Waals surface area (Å²) in [4.78, 5) is 11.7. The lowest BCUT2D eigenvalue weighted by atomic mass is 10.0. The van der Waals surface area contributed by atoms with E-state index in [0.717, 1.165) is 18.9 Å². The third kappa shape index (κ3) is 2.81. The molecule has 0 bridgehead atoms. The van der Waals surface area contributed by atoms with Crippen molar-refractivity contribution in [2.45, 2.75) is 32.6 Å². The molecule has 0 spiro atoms. The molecule has 0 radical (unpaired) electrons. The van der Waals surface area contributed by atoms with Gasteiger partial charge in [-0.1, -0.05) is 19.8 Å². The van der Waals surface area contributed by atoms with Crippen LogP contribution in [0.15, 0.2) is 6.07 Å². The summed E-state index contributed by atoms with van der Waals surface area (Å²) in [5.41, 5.74) is -0.337. The standard InChI is InChI=1S/C12H16O5/c1-2-3-4-5-7(13)10-8(14)6-9(15)11(16)12(10)17/h6,14-17H,2-5H2,1H3. The minimum atomic E-state index is -0.790. The summed E-state index contributed by atoms with van der Waals surface area (Å²) in [6, 6.07) is 0.835. The van der Waals surface area contributed by atoms with Gasteiger partial charge in [-0.05, 0) is 6.42 Å². The van der Waals surface area contributed by atoms with Crippen LogP contribution in [0.1, 0.15) is 43.0 Å². The highest BCUT2D eigenvalue weighted by Crippen LogP contribution is 2.43. The van der Waals surface area contributed by atoms with E-state index in [-0.39, 0.29) is 12.0 Å². The van der Waals surface area contributed by atoms with Crippen LogP contribution in [-0.2, 0) is 0 Å². The van der Waals surface area contributed by atoms with Crippen LogP contribution in [0.4, 0.5) is 0 Å². The number of rotatable bonds is 5. The van der Waals surface area contributed by atoms with E-state index in [4.69, 9.17) is 5.11 Å². The Morgan fingerprint density at radius 1 is 1.06 bits per heavy atom. The van der Waals surface area contributed by atoms with Gasteiger partial charge in [-0.15, -0.1) is 0 Å². The number of hydrogen-bond donors (Lipinski definition) is 4.